The van der Waals surface area contributed by atoms with E-state index in [1.165, 1.54) is 0 Å². The number of amides is 1. The summed E-state index contributed by atoms with van der Waals surface area (Å²) in [6.45, 7) is 14.9. The molecule has 1 fully saturated rings. The molecule has 0 spiro atoms. The Morgan fingerprint density at radius 3 is 2.41 bits per heavy atom. The van der Waals surface area contributed by atoms with Crippen LogP contribution in [0.2, 0.25) is 0 Å². The highest BCUT2D eigenvalue weighted by molar-refractivity contribution is 7.87. The summed E-state index contributed by atoms with van der Waals surface area (Å²) < 4.78 is 35.9. The third kappa shape index (κ3) is 7.96. The van der Waals surface area contributed by atoms with E-state index >= 15 is 0 Å². The first-order chi connectivity index (χ1) is 15.0. The largest absolute Gasteiger partial charge is 0.382 e. The molecule has 0 aliphatic carbocycles. The van der Waals surface area contributed by atoms with Crippen molar-refractivity contribution < 1.29 is 22.1 Å². The van der Waals surface area contributed by atoms with Crippen molar-refractivity contribution >= 4 is 21.7 Å². The van der Waals surface area contributed by atoms with Gasteiger partial charge in [0.05, 0.1) is 11.9 Å². The highest BCUT2D eigenvalue weighted by atomic mass is 32.2. The van der Waals surface area contributed by atoms with Crippen LogP contribution in [0.3, 0.4) is 0 Å². The van der Waals surface area contributed by atoms with Gasteiger partial charge in [-0.15, -0.1) is 0 Å². The van der Waals surface area contributed by atoms with Crippen LogP contribution in [-0.2, 0) is 26.2 Å². The van der Waals surface area contributed by atoms with E-state index in [1.54, 1.807) is 17.9 Å². The Kier molecular flexibility index (Phi) is 9.40. The normalized spacial score (nSPS) is 16.8. The molecule has 1 aliphatic rings. The quantitative estimate of drug-likeness (QED) is 0.453. The van der Waals surface area contributed by atoms with Gasteiger partial charge in [0.15, 0.2) is 0 Å². The molecule has 0 radical (unpaired) electrons. The molecule has 0 aromatic heterocycles. The van der Waals surface area contributed by atoms with Crippen LogP contribution in [0.5, 0.6) is 5.75 Å². The molecule has 1 aromatic rings. The number of benzene rings is 1. The lowest BCUT2D eigenvalue weighted by Crippen LogP contribution is -2.38. The summed E-state index contributed by atoms with van der Waals surface area (Å²) >= 11 is 0. The molecule has 1 saturated heterocycles. The second kappa shape index (κ2) is 11.4. The summed E-state index contributed by atoms with van der Waals surface area (Å²) in [6, 6.07) is 5.61. The molecule has 1 aromatic carbocycles. The van der Waals surface area contributed by atoms with Crippen LogP contribution in [0.1, 0.15) is 66.4 Å². The van der Waals surface area contributed by atoms with Crippen LogP contribution in [0.4, 0.5) is 5.69 Å². The maximum absolute atomic E-state index is 13.2. The first-order valence-electron chi connectivity index (χ1n) is 11.7. The molecule has 1 aliphatic heterocycles. The van der Waals surface area contributed by atoms with Gasteiger partial charge in [-0.1, -0.05) is 26.8 Å². The number of anilines is 1. The van der Waals surface area contributed by atoms with Crippen LogP contribution in [-0.4, -0.2) is 57.3 Å². The van der Waals surface area contributed by atoms with Gasteiger partial charge in [0, 0.05) is 56.5 Å². The van der Waals surface area contributed by atoms with Crippen molar-refractivity contribution in [2.24, 2.45) is 5.41 Å². The predicted octanol–water partition coefficient (Wildman–Crippen LogP) is 4.21. The number of carbonyl (C=O) groups excluding carboxylic acids is 1. The third-order valence-electron chi connectivity index (χ3n) is 5.59. The van der Waals surface area contributed by atoms with Crippen molar-refractivity contribution in [3.8, 4) is 5.75 Å². The fourth-order valence-electron chi connectivity index (χ4n) is 3.79. The van der Waals surface area contributed by atoms with E-state index in [2.05, 4.69) is 18.7 Å². The Hall–Kier alpha value is -1.80. The maximum Gasteiger partial charge on any atom is 0.308 e. The SMILES string of the molecule is CCN(CC)c1ccc(CN(CC2CCCO2)C(=O)CC(C)(C)C)c(OS(=O)(=O)CC)c1. The Balaban J connectivity index is 2.39. The molecule has 7 nitrogen and oxygen atoms in total. The van der Waals surface area contributed by atoms with Crippen molar-refractivity contribution in [3.63, 3.8) is 0 Å². The lowest BCUT2D eigenvalue weighted by atomic mass is 9.91. The maximum atomic E-state index is 13.2. The van der Waals surface area contributed by atoms with Crippen molar-refractivity contribution in [2.75, 3.05) is 36.9 Å². The highest BCUT2D eigenvalue weighted by Gasteiger charge is 2.27. The fourth-order valence-corrected chi connectivity index (χ4v) is 4.34. The summed E-state index contributed by atoms with van der Waals surface area (Å²) in [5, 5.41) is 0. The van der Waals surface area contributed by atoms with Crippen LogP contribution < -0.4 is 9.08 Å². The van der Waals surface area contributed by atoms with Crippen molar-refractivity contribution in [2.45, 2.75) is 73.5 Å². The summed E-state index contributed by atoms with van der Waals surface area (Å²) in [6.07, 6.45) is 2.33. The van der Waals surface area contributed by atoms with Gasteiger partial charge >= 0.3 is 10.1 Å². The monoisotopic (exact) mass is 468 g/mol. The van der Waals surface area contributed by atoms with E-state index in [9.17, 15) is 13.2 Å². The molecule has 1 atom stereocenters. The van der Waals surface area contributed by atoms with Crippen molar-refractivity contribution in [3.05, 3.63) is 23.8 Å². The molecule has 32 heavy (non-hydrogen) atoms. The number of hydrogen-bond acceptors (Lipinski definition) is 6. The van der Waals surface area contributed by atoms with Crippen LogP contribution in [0.15, 0.2) is 18.2 Å². The Bertz CT molecular complexity index is 854. The van der Waals surface area contributed by atoms with E-state index < -0.39 is 10.1 Å². The number of carbonyl (C=O) groups is 1. The average Bonchev–Trinajstić information content (AvgIpc) is 3.21. The molecule has 0 bridgehead atoms. The minimum absolute atomic E-state index is 0.0117. The molecule has 0 saturated carbocycles. The van der Waals surface area contributed by atoms with Gasteiger partial charge in [0.1, 0.15) is 5.75 Å². The van der Waals surface area contributed by atoms with Crippen LogP contribution in [0, 0.1) is 5.41 Å². The van der Waals surface area contributed by atoms with Gasteiger partial charge in [0.25, 0.3) is 0 Å². The molecule has 2 rings (SSSR count). The second-order valence-electron chi connectivity index (χ2n) is 9.54. The molecule has 182 valence electrons. The van der Waals surface area contributed by atoms with E-state index in [-0.39, 0.29) is 35.5 Å². The molecule has 8 heteroatoms. The third-order valence-corrected chi connectivity index (χ3v) is 6.73. The lowest BCUT2D eigenvalue weighted by Gasteiger charge is -2.30. The lowest BCUT2D eigenvalue weighted by molar-refractivity contribution is -0.135. The predicted molar refractivity (Wildman–Crippen MR) is 129 cm³/mol. The minimum atomic E-state index is -3.70. The smallest absolute Gasteiger partial charge is 0.308 e. The summed E-state index contributed by atoms with van der Waals surface area (Å²) in [5.74, 6) is 0.201. The molecular weight excluding hydrogens is 428 g/mol. The average molecular weight is 469 g/mol. The Morgan fingerprint density at radius 1 is 1.19 bits per heavy atom. The van der Waals surface area contributed by atoms with Gasteiger partial charge in [-0.25, -0.2) is 0 Å². The van der Waals surface area contributed by atoms with Gasteiger partial charge in [0.2, 0.25) is 5.91 Å². The van der Waals surface area contributed by atoms with Crippen LogP contribution in [0.25, 0.3) is 0 Å². The minimum Gasteiger partial charge on any atom is -0.382 e. The van der Waals surface area contributed by atoms with Gasteiger partial charge in [-0.3, -0.25) is 4.79 Å². The summed E-state index contributed by atoms with van der Waals surface area (Å²) in [7, 11) is -3.70. The number of rotatable bonds is 11. The van der Waals surface area contributed by atoms with E-state index in [0.29, 0.717) is 25.1 Å². The highest BCUT2D eigenvalue weighted by Crippen LogP contribution is 2.30. The zero-order valence-electron chi connectivity index (χ0n) is 20.5. The number of hydrogen-bond donors (Lipinski definition) is 0. The Labute approximate surface area is 194 Å². The molecule has 1 unspecified atom stereocenters. The molecule has 1 heterocycles. The standard InChI is InChI=1S/C24H40N2O5S/c1-7-25(8-2)20-13-12-19(22(15-20)31-32(28,29)9-3)17-26(18-21-11-10-14-30-21)23(27)16-24(4,5)6/h12-13,15,21H,7-11,14,16-18H2,1-6H3. The molecular formula is C24H40N2O5S. The van der Waals surface area contributed by atoms with Gasteiger partial charge in [-0.05, 0) is 45.1 Å². The zero-order chi connectivity index (χ0) is 23.9. The number of nitrogens with zero attached hydrogens (tertiary/aromatic N) is 2. The van der Waals surface area contributed by atoms with Gasteiger partial charge in [-0.2, -0.15) is 8.42 Å². The first-order valence-corrected chi connectivity index (χ1v) is 13.2. The number of ether oxygens (including phenoxy) is 1. The van der Waals surface area contributed by atoms with E-state index in [1.807, 2.05) is 32.9 Å². The van der Waals surface area contributed by atoms with Crippen molar-refractivity contribution in [1.82, 2.24) is 4.90 Å². The Morgan fingerprint density at radius 2 is 1.88 bits per heavy atom. The zero-order valence-corrected chi connectivity index (χ0v) is 21.3. The summed E-state index contributed by atoms with van der Waals surface area (Å²) in [5.41, 5.74) is 1.42. The first kappa shape index (κ1) is 26.5. The van der Waals surface area contributed by atoms with Gasteiger partial charge < -0.3 is 18.7 Å². The van der Waals surface area contributed by atoms with Crippen LogP contribution >= 0.6 is 0 Å². The topological polar surface area (TPSA) is 76.2 Å². The molecule has 1 amide bonds. The fraction of sp³-hybridized carbons (Fsp3) is 0.708. The van der Waals surface area contributed by atoms with E-state index in [4.69, 9.17) is 8.92 Å². The van der Waals surface area contributed by atoms with E-state index in [0.717, 1.165) is 31.6 Å². The second-order valence-corrected chi connectivity index (χ2v) is 11.4. The summed E-state index contributed by atoms with van der Waals surface area (Å²) in [4.78, 5) is 17.1. The van der Waals surface area contributed by atoms with Crippen molar-refractivity contribution in [1.29, 1.82) is 0 Å². The molecule has 0 N–H and O–H groups in total.